The van der Waals surface area contributed by atoms with Crippen molar-refractivity contribution in [2.24, 2.45) is 5.92 Å². The summed E-state index contributed by atoms with van der Waals surface area (Å²) in [5.74, 6) is 0.581. The molecule has 0 spiro atoms. The topological polar surface area (TPSA) is 30.5 Å². The second-order valence-electron chi connectivity index (χ2n) is 4.97. The number of nitrogens with one attached hydrogen (secondary N) is 1. The highest BCUT2D eigenvalue weighted by Crippen LogP contribution is 2.21. The number of rotatable bonds is 8. The molecule has 1 aliphatic heterocycles. The van der Waals surface area contributed by atoms with E-state index in [4.69, 9.17) is 9.47 Å². The molecule has 0 aromatic heterocycles. The van der Waals surface area contributed by atoms with Crippen molar-refractivity contribution in [3.05, 3.63) is 11.8 Å². The Kier molecular flexibility index (Phi) is 7.29. The van der Waals surface area contributed by atoms with Crippen molar-refractivity contribution in [1.82, 2.24) is 5.32 Å². The zero-order valence-corrected chi connectivity index (χ0v) is 11.5. The maximum atomic E-state index is 5.45. The van der Waals surface area contributed by atoms with Crippen LogP contribution in [0.2, 0.25) is 0 Å². The van der Waals surface area contributed by atoms with Gasteiger partial charge in [-0.3, -0.25) is 0 Å². The Morgan fingerprint density at radius 3 is 2.94 bits per heavy atom. The van der Waals surface area contributed by atoms with Crippen LogP contribution in [0.1, 0.15) is 39.5 Å². The van der Waals surface area contributed by atoms with Crippen LogP contribution >= 0.6 is 0 Å². The Bertz CT molecular complexity index is 228. The maximum Gasteiger partial charge on any atom is 0.0876 e. The van der Waals surface area contributed by atoms with Crippen LogP contribution in [0.4, 0.5) is 0 Å². The van der Waals surface area contributed by atoms with Gasteiger partial charge in [0.1, 0.15) is 0 Å². The lowest BCUT2D eigenvalue weighted by molar-refractivity contribution is 0.149. The van der Waals surface area contributed by atoms with Gasteiger partial charge in [-0.25, -0.2) is 0 Å². The molecule has 0 bridgehead atoms. The zero-order chi connectivity index (χ0) is 12.5. The SMILES string of the molecule is CCCNC(CC(C)COC)C1=COCCC1. The van der Waals surface area contributed by atoms with E-state index in [1.54, 1.807) is 7.11 Å². The van der Waals surface area contributed by atoms with Gasteiger partial charge in [-0.2, -0.15) is 0 Å². The summed E-state index contributed by atoms with van der Waals surface area (Å²) >= 11 is 0. The molecule has 1 rings (SSSR count). The summed E-state index contributed by atoms with van der Waals surface area (Å²) in [6.07, 6.45) is 6.58. The minimum Gasteiger partial charge on any atom is -0.501 e. The molecule has 17 heavy (non-hydrogen) atoms. The van der Waals surface area contributed by atoms with E-state index in [1.165, 1.54) is 18.4 Å². The Labute approximate surface area is 106 Å². The number of hydrogen-bond acceptors (Lipinski definition) is 3. The minimum atomic E-state index is 0.459. The van der Waals surface area contributed by atoms with E-state index in [9.17, 15) is 0 Å². The first-order chi connectivity index (χ1) is 8.27. The van der Waals surface area contributed by atoms with Crippen molar-refractivity contribution in [1.29, 1.82) is 0 Å². The van der Waals surface area contributed by atoms with Gasteiger partial charge >= 0.3 is 0 Å². The Hall–Kier alpha value is -0.540. The normalized spacial score (nSPS) is 19.4. The van der Waals surface area contributed by atoms with Crippen molar-refractivity contribution < 1.29 is 9.47 Å². The highest BCUT2D eigenvalue weighted by Gasteiger charge is 2.19. The molecule has 0 saturated heterocycles. The molecule has 3 heteroatoms. The molecular weight excluding hydrogens is 214 g/mol. The first-order valence-electron chi connectivity index (χ1n) is 6.80. The summed E-state index contributed by atoms with van der Waals surface area (Å²) in [5, 5.41) is 3.62. The third kappa shape index (κ3) is 5.55. The van der Waals surface area contributed by atoms with Crippen molar-refractivity contribution in [3.8, 4) is 0 Å². The average Bonchev–Trinajstić information content (AvgIpc) is 2.36. The van der Waals surface area contributed by atoms with E-state index in [0.29, 0.717) is 12.0 Å². The van der Waals surface area contributed by atoms with Gasteiger partial charge in [0.2, 0.25) is 0 Å². The molecule has 100 valence electrons. The quantitative estimate of drug-likeness (QED) is 0.709. The monoisotopic (exact) mass is 241 g/mol. The number of methoxy groups -OCH3 is 1. The molecular formula is C14H27NO2. The molecule has 0 aliphatic carbocycles. The first-order valence-corrected chi connectivity index (χ1v) is 6.80. The lowest BCUT2D eigenvalue weighted by atomic mass is 9.93. The van der Waals surface area contributed by atoms with Crippen molar-refractivity contribution in [3.63, 3.8) is 0 Å². The fourth-order valence-electron chi connectivity index (χ4n) is 2.28. The second-order valence-corrected chi connectivity index (χ2v) is 4.97. The highest BCUT2D eigenvalue weighted by atomic mass is 16.5. The molecule has 1 aliphatic rings. The van der Waals surface area contributed by atoms with Crippen LogP contribution in [0.5, 0.6) is 0 Å². The van der Waals surface area contributed by atoms with Gasteiger partial charge in [-0.1, -0.05) is 13.8 Å². The zero-order valence-electron chi connectivity index (χ0n) is 11.5. The van der Waals surface area contributed by atoms with Crippen LogP contribution in [-0.2, 0) is 9.47 Å². The average molecular weight is 241 g/mol. The standard InChI is InChI=1S/C14H27NO2/c1-4-7-15-14(9-12(2)10-16-3)13-6-5-8-17-11-13/h11-12,14-15H,4-10H2,1-3H3. The minimum absolute atomic E-state index is 0.459. The van der Waals surface area contributed by atoms with Crippen LogP contribution in [0.25, 0.3) is 0 Å². The molecule has 2 atom stereocenters. The van der Waals surface area contributed by atoms with E-state index < -0.39 is 0 Å². The number of ether oxygens (including phenoxy) is 2. The molecule has 0 saturated carbocycles. The van der Waals surface area contributed by atoms with Crippen LogP contribution in [0.3, 0.4) is 0 Å². The molecule has 0 radical (unpaired) electrons. The third-order valence-corrected chi connectivity index (χ3v) is 3.14. The lowest BCUT2D eigenvalue weighted by Gasteiger charge is -2.26. The summed E-state index contributed by atoms with van der Waals surface area (Å²) in [4.78, 5) is 0. The Balaban J connectivity index is 2.49. The molecule has 3 nitrogen and oxygen atoms in total. The number of hydrogen-bond donors (Lipinski definition) is 1. The van der Waals surface area contributed by atoms with Gasteiger partial charge in [0, 0.05) is 19.8 Å². The summed E-state index contributed by atoms with van der Waals surface area (Å²) in [6, 6.07) is 0.459. The third-order valence-electron chi connectivity index (χ3n) is 3.14. The van der Waals surface area contributed by atoms with Gasteiger partial charge in [-0.05, 0) is 43.7 Å². The molecule has 0 aromatic rings. The van der Waals surface area contributed by atoms with Gasteiger partial charge in [0.15, 0.2) is 0 Å². The predicted molar refractivity (Wildman–Crippen MR) is 71.0 cm³/mol. The van der Waals surface area contributed by atoms with Gasteiger partial charge in [-0.15, -0.1) is 0 Å². The van der Waals surface area contributed by atoms with Gasteiger partial charge < -0.3 is 14.8 Å². The smallest absolute Gasteiger partial charge is 0.0876 e. The first kappa shape index (κ1) is 14.5. The van der Waals surface area contributed by atoms with Crippen LogP contribution in [0, 0.1) is 5.92 Å². The summed E-state index contributed by atoms with van der Waals surface area (Å²) in [7, 11) is 1.77. The van der Waals surface area contributed by atoms with E-state index in [1.807, 2.05) is 6.26 Å². The predicted octanol–water partition coefficient (Wildman–Crippen LogP) is 2.72. The van der Waals surface area contributed by atoms with E-state index in [2.05, 4.69) is 19.2 Å². The van der Waals surface area contributed by atoms with Crippen molar-refractivity contribution in [2.75, 3.05) is 26.9 Å². The van der Waals surface area contributed by atoms with E-state index >= 15 is 0 Å². The Morgan fingerprint density at radius 2 is 2.35 bits per heavy atom. The lowest BCUT2D eigenvalue weighted by Crippen LogP contribution is -2.34. The summed E-state index contributed by atoms with van der Waals surface area (Å²) in [6.45, 7) is 7.22. The molecule has 0 amide bonds. The largest absolute Gasteiger partial charge is 0.501 e. The van der Waals surface area contributed by atoms with Crippen LogP contribution in [-0.4, -0.2) is 32.9 Å². The molecule has 2 unspecified atom stereocenters. The Morgan fingerprint density at radius 1 is 1.53 bits per heavy atom. The van der Waals surface area contributed by atoms with E-state index in [-0.39, 0.29) is 0 Å². The summed E-state index contributed by atoms with van der Waals surface area (Å²) in [5.41, 5.74) is 1.42. The molecule has 1 N–H and O–H groups in total. The van der Waals surface area contributed by atoms with Crippen LogP contribution < -0.4 is 5.32 Å². The fourth-order valence-corrected chi connectivity index (χ4v) is 2.28. The van der Waals surface area contributed by atoms with E-state index in [0.717, 1.165) is 32.6 Å². The van der Waals surface area contributed by atoms with Gasteiger partial charge in [0.05, 0.1) is 12.9 Å². The second kappa shape index (κ2) is 8.54. The molecule has 0 fully saturated rings. The van der Waals surface area contributed by atoms with Gasteiger partial charge in [0.25, 0.3) is 0 Å². The summed E-state index contributed by atoms with van der Waals surface area (Å²) < 4.78 is 10.7. The van der Waals surface area contributed by atoms with Crippen molar-refractivity contribution >= 4 is 0 Å². The highest BCUT2D eigenvalue weighted by molar-refractivity contribution is 5.10. The van der Waals surface area contributed by atoms with Crippen molar-refractivity contribution in [2.45, 2.75) is 45.6 Å². The maximum absolute atomic E-state index is 5.45. The molecule has 1 heterocycles. The fraction of sp³-hybridized carbons (Fsp3) is 0.857. The van der Waals surface area contributed by atoms with Crippen LogP contribution in [0.15, 0.2) is 11.8 Å². The molecule has 0 aromatic carbocycles.